The van der Waals surface area contributed by atoms with E-state index in [1.165, 1.54) is 6.92 Å². The second-order valence-electron chi connectivity index (χ2n) is 4.47. The fraction of sp³-hybridized carbons (Fsp3) is 0.400. The molecule has 0 aliphatic carbocycles. The highest BCUT2D eigenvalue weighted by Crippen LogP contribution is 2.13. The monoisotopic (exact) mass is 270 g/mol. The van der Waals surface area contributed by atoms with Crippen LogP contribution in [0.3, 0.4) is 0 Å². The van der Waals surface area contributed by atoms with Crippen molar-refractivity contribution in [2.24, 2.45) is 0 Å². The van der Waals surface area contributed by atoms with Crippen LogP contribution in [0.25, 0.3) is 0 Å². The van der Waals surface area contributed by atoms with Gasteiger partial charge in [0.2, 0.25) is 5.91 Å². The van der Waals surface area contributed by atoms with Crippen LogP contribution in [0.1, 0.15) is 25.3 Å². The minimum absolute atomic E-state index is 0.104. The van der Waals surface area contributed by atoms with Gasteiger partial charge in [0.25, 0.3) is 0 Å². The van der Waals surface area contributed by atoms with E-state index >= 15 is 0 Å². The van der Waals surface area contributed by atoms with Crippen LogP contribution in [0, 0.1) is 22.7 Å². The van der Waals surface area contributed by atoms with Crippen molar-refractivity contribution in [2.75, 3.05) is 18.4 Å². The zero-order valence-electron chi connectivity index (χ0n) is 11.6. The molecule has 1 aromatic rings. The number of benzene rings is 1. The third-order valence-electron chi connectivity index (χ3n) is 2.73. The lowest BCUT2D eigenvalue weighted by atomic mass is 10.1. The highest BCUT2D eigenvalue weighted by Gasteiger charge is 2.06. The molecule has 20 heavy (non-hydrogen) atoms. The summed E-state index contributed by atoms with van der Waals surface area (Å²) in [5, 5.41) is 20.1. The predicted octanol–water partition coefficient (Wildman–Crippen LogP) is 2.27. The lowest BCUT2D eigenvalue weighted by Crippen LogP contribution is -2.25. The van der Waals surface area contributed by atoms with Gasteiger partial charge in [0, 0.05) is 45.1 Å². The molecule has 5 heteroatoms. The number of nitrogens with one attached hydrogen (secondary N) is 1. The van der Waals surface area contributed by atoms with E-state index in [4.69, 9.17) is 10.5 Å². The molecule has 1 N–H and O–H groups in total. The van der Waals surface area contributed by atoms with Gasteiger partial charge in [0.1, 0.15) is 0 Å². The summed E-state index contributed by atoms with van der Waals surface area (Å²) in [6.07, 6.45) is 0.883. The van der Waals surface area contributed by atoms with E-state index in [0.717, 1.165) is 11.3 Å². The molecule has 0 atom stereocenters. The maximum absolute atomic E-state index is 11.0. The molecule has 0 aromatic heterocycles. The Balaban J connectivity index is 2.69. The summed E-state index contributed by atoms with van der Waals surface area (Å²) in [5.41, 5.74) is 1.81. The van der Waals surface area contributed by atoms with Crippen LogP contribution in [0.2, 0.25) is 0 Å². The van der Waals surface area contributed by atoms with Gasteiger partial charge in [-0.25, -0.2) is 0 Å². The van der Waals surface area contributed by atoms with Crippen molar-refractivity contribution in [3.05, 3.63) is 29.8 Å². The molecule has 0 bridgehead atoms. The van der Waals surface area contributed by atoms with Crippen molar-refractivity contribution in [3.8, 4) is 12.1 Å². The topological polar surface area (TPSA) is 79.9 Å². The predicted molar refractivity (Wildman–Crippen MR) is 76.5 cm³/mol. The molecule has 5 nitrogen and oxygen atoms in total. The van der Waals surface area contributed by atoms with Crippen LogP contribution < -0.4 is 5.32 Å². The largest absolute Gasteiger partial charge is 0.326 e. The lowest BCUT2D eigenvalue weighted by Gasteiger charge is -2.20. The van der Waals surface area contributed by atoms with Crippen molar-refractivity contribution in [1.29, 1.82) is 10.5 Å². The Morgan fingerprint density at radius 3 is 2.45 bits per heavy atom. The molecule has 0 spiro atoms. The minimum atomic E-state index is -0.104. The summed E-state index contributed by atoms with van der Waals surface area (Å²) in [4.78, 5) is 13.1. The van der Waals surface area contributed by atoms with Crippen molar-refractivity contribution >= 4 is 11.6 Å². The molecule has 0 unspecified atom stereocenters. The maximum atomic E-state index is 11.0. The van der Waals surface area contributed by atoms with Crippen LogP contribution in [-0.2, 0) is 11.3 Å². The number of hydrogen-bond donors (Lipinski definition) is 1. The van der Waals surface area contributed by atoms with Gasteiger partial charge in [-0.3, -0.25) is 9.69 Å². The zero-order chi connectivity index (χ0) is 14.8. The number of nitrogens with zero attached hydrogens (tertiary/aromatic N) is 3. The number of amides is 1. The van der Waals surface area contributed by atoms with E-state index in [2.05, 4.69) is 22.4 Å². The van der Waals surface area contributed by atoms with E-state index < -0.39 is 0 Å². The van der Waals surface area contributed by atoms with Crippen LogP contribution in [0.5, 0.6) is 0 Å². The summed E-state index contributed by atoms with van der Waals surface area (Å²) < 4.78 is 0. The Bertz CT molecular complexity index is 509. The number of rotatable bonds is 7. The first-order valence-electron chi connectivity index (χ1n) is 6.48. The SMILES string of the molecule is CC(=O)Nc1cccc(CN(CCC#N)CCC#N)c1. The Kier molecular flexibility index (Phi) is 6.81. The summed E-state index contributed by atoms with van der Waals surface area (Å²) in [6, 6.07) is 11.8. The number of carbonyl (C=O) groups excluding carboxylic acids is 1. The van der Waals surface area contributed by atoms with E-state index in [1.54, 1.807) is 0 Å². The first-order chi connectivity index (χ1) is 9.65. The van der Waals surface area contributed by atoms with Gasteiger partial charge in [-0.05, 0) is 17.7 Å². The van der Waals surface area contributed by atoms with E-state index in [-0.39, 0.29) is 5.91 Å². The number of carbonyl (C=O) groups is 1. The normalized spacial score (nSPS) is 9.80. The molecule has 1 amide bonds. The Labute approximate surface area is 119 Å². The quantitative estimate of drug-likeness (QED) is 0.824. The fourth-order valence-electron chi connectivity index (χ4n) is 1.90. The second-order valence-corrected chi connectivity index (χ2v) is 4.47. The van der Waals surface area contributed by atoms with Crippen LogP contribution >= 0.6 is 0 Å². The first kappa shape index (κ1) is 15.7. The summed E-state index contributed by atoms with van der Waals surface area (Å²) in [5.74, 6) is -0.104. The van der Waals surface area contributed by atoms with Crippen molar-refractivity contribution in [1.82, 2.24) is 4.90 Å². The van der Waals surface area contributed by atoms with Gasteiger partial charge in [0.05, 0.1) is 12.1 Å². The van der Waals surface area contributed by atoms with Crippen LogP contribution in [-0.4, -0.2) is 23.9 Å². The van der Waals surface area contributed by atoms with E-state index in [1.807, 2.05) is 24.3 Å². The van der Waals surface area contributed by atoms with Crippen molar-refractivity contribution < 1.29 is 4.79 Å². The van der Waals surface area contributed by atoms with E-state index in [9.17, 15) is 4.79 Å². The van der Waals surface area contributed by atoms with Crippen molar-refractivity contribution in [2.45, 2.75) is 26.3 Å². The highest BCUT2D eigenvalue weighted by molar-refractivity contribution is 5.88. The van der Waals surface area contributed by atoms with Crippen molar-refractivity contribution in [3.63, 3.8) is 0 Å². The molecule has 0 saturated heterocycles. The van der Waals surface area contributed by atoms with Gasteiger partial charge in [-0.15, -0.1) is 0 Å². The third-order valence-corrected chi connectivity index (χ3v) is 2.73. The van der Waals surface area contributed by atoms with Crippen LogP contribution in [0.4, 0.5) is 5.69 Å². The average molecular weight is 270 g/mol. The third kappa shape index (κ3) is 5.99. The number of anilines is 1. The van der Waals surface area contributed by atoms with Gasteiger partial charge >= 0.3 is 0 Å². The average Bonchev–Trinajstić information content (AvgIpc) is 2.41. The summed E-state index contributed by atoms with van der Waals surface area (Å²) >= 11 is 0. The lowest BCUT2D eigenvalue weighted by molar-refractivity contribution is -0.114. The molecule has 104 valence electrons. The minimum Gasteiger partial charge on any atom is -0.326 e. The van der Waals surface area contributed by atoms with Crippen LogP contribution in [0.15, 0.2) is 24.3 Å². The highest BCUT2D eigenvalue weighted by atomic mass is 16.1. The Hall–Kier alpha value is -2.37. The smallest absolute Gasteiger partial charge is 0.221 e. The molecule has 0 saturated carbocycles. The van der Waals surface area contributed by atoms with Gasteiger partial charge in [0.15, 0.2) is 0 Å². The molecule has 0 aliphatic heterocycles. The standard InChI is InChI=1S/C15H18N4O/c1-13(20)18-15-6-2-5-14(11-15)12-19(9-3-7-16)10-4-8-17/h2,5-6,11H,3-4,9-10,12H2,1H3,(H,18,20). The Morgan fingerprint density at radius 1 is 1.25 bits per heavy atom. The van der Waals surface area contributed by atoms with E-state index in [0.29, 0.717) is 32.5 Å². The molecule has 1 rings (SSSR count). The summed E-state index contributed by atoms with van der Waals surface area (Å²) in [6.45, 7) is 3.42. The Morgan fingerprint density at radius 2 is 1.90 bits per heavy atom. The van der Waals surface area contributed by atoms with Gasteiger partial charge in [-0.2, -0.15) is 10.5 Å². The zero-order valence-corrected chi connectivity index (χ0v) is 11.6. The number of nitriles is 2. The molecular formula is C15H18N4O. The number of hydrogen-bond acceptors (Lipinski definition) is 4. The molecule has 0 radical (unpaired) electrons. The second kappa shape index (κ2) is 8.68. The fourth-order valence-corrected chi connectivity index (χ4v) is 1.90. The molecule has 0 heterocycles. The molecule has 1 aromatic carbocycles. The van der Waals surface area contributed by atoms with Gasteiger partial charge < -0.3 is 5.32 Å². The molecule has 0 aliphatic rings. The first-order valence-corrected chi connectivity index (χ1v) is 6.48. The van der Waals surface area contributed by atoms with Gasteiger partial charge in [-0.1, -0.05) is 12.1 Å². The summed E-state index contributed by atoms with van der Waals surface area (Å²) in [7, 11) is 0. The molecule has 0 fully saturated rings. The molecular weight excluding hydrogens is 252 g/mol. The maximum Gasteiger partial charge on any atom is 0.221 e.